The Morgan fingerprint density at radius 3 is 2.04 bits per heavy atom. The van der Waals surface area contributed by atoms with E-state index in [9.17, 15) is 17.6 Å². The molecule has 0 spiro atoms. The molecule has 0 aliphatic carbocycles. The summed E-state index contributed by atoms with van der Waals surface area (Å²) >= 11 is 0. The number of nitrogen functional groups attached to an aromatic ring is 1. The zero-order valence-electron chi connectivity index (χ0n) is 15.9. The molecule has 1 aliphatic heterocycles. The Bertz CT molecular complexity index is 884. The van der Waals surface area contributed by atoms with Crippen LogP contribution in [0.2, 0.25) is 0 Å². The van der Waals surface area contributed by atoms with E-state index in [-0.39, 0.29) is 5.69 Å². The molecule has 1 fully saturated rings. The van der Waals surface area contributed by atoms with Crippen LogP contribution in [0.15, 0.2) is 36.4 Å². The average molecular weight is 396 g/mol. The SMILES string of the molecule is CC1(C)OB(c2cc(N)ccc2Nc2ccc(C(F)(F)F)cc2F)OC1(C)C. The number of nitrogens with one attached hydrogen (secondary N) is 1. The molecule has 2 aromatic carbocycles. The van der Waals surface area contributed by atoms with Crippen LogP contribution in [0, 0.1) is 5.82 Å². The minimum atomic E-state index is -4.62. The molecular formula is C19H21BF4N2O2. The molecule has 1 saturated heterocycles. The van der Waals surface area contributed by atoms with Crippen LogP contribution in [0.5, 0.6) is 0 Å². The summed E-state index contributed by atoms with van der Waals surface area (Å²) < 4.78 is 64.5. The van der Waals surface area contributed by atoms with Gasteiger partial charge in [-0.2, -0.15) is 13.2 Å². The highest BCUT2D eigenvalue weighted by atomic mass is 19.4. The van der Waals surface area contributed by atoms with Crippen LogP contribution < -0.4 is 16.5 Å². The number of anilines is 3. The molecule has 9 heteroatoms. The fourth-order valence-corrected chi connectivity index (χ4v) is 2.80. The van der Waals surface area contributed by atoms with Gasteiger partial charge in [-0.25, -0.2) is 4.39 Å². The second-order valence-electron chi connectivity index (χ2n) is 7.75. The summed E-state index contributed by atoms with van der Waals surface area (Å²) in [4.78, 5) is 0. The minimum absolute atomic E-state index is 0.101. The molecule has 3 rings (SSSR count). The van der Waals surface area contributed by atoms with E-state index >= 15 is 0 Å². The lowest BCUT2D eigenvalue weighted by molar-refractivity contribution is -0.137. The van der Waals surface area contributed by atoms with Gasteiger partial charge in [-0.3, -0.25) is 0 Å². The lowest BCUT2D eigenvalue weighted by atomic mass is 9.77. The standard InChI is InChI=1S/C19H21BF4N2O2/c1-17(2)18(3,4)28-20(27-17)13-10-12(25)6-8-15(13)26-16-7-5-11(9-14(16)21)19(22,23)24/h5-10,26H,25H2,1-4H3. The summed E-state index contributed by atoms with van der Waals surface area (Å²) in [6, 6.07) is 7.14. The fourth-order valence-electron chi connectivity index (χ4n) is 2.80. The van der Waals surface area contributed by atoms with Crippen LogP contribution >= 0.6 is 0 Å². The van der Waals surface area contributed by atoms with E-state index in [2.05, 4.69) is 5.32 Å². The molecule has 28 heavy (non-hydrogen) atoms. The number of hydrogen-bond donors (Lipinski definition) is 2. The van der Waals surface area contributed by atoms with Crippen molar-refractivity contribution in [2.24, 2.45) is 0 Å². The van der Waals surface area contributed by atoms with E-state index in [1.807, 2.05) is 27.7 Å². The van der Waals surface area contributed by atoms with Crippen molar-refractivity contribution in [1.82, 2.24) is 0 Å². The molecule has 3 N–H and O–H groups in total. The molecule has 0 bridgehead atoms. The van der Waals surface area contributed by atoms with Gasteiger partial charge >= 0.3 is 13.3 Å². The van der Waals surface area contributed by atoms with Gasteiger partial charge in [0.05, 0.1) is 22.5 Å². The van der Waals surface area contributed by atoms with Gasteiger partial charge < -0.3 is 20.4 Å². The second kappa shape index (κ2) is 6.67. The van der Waals surface area contributed by atoms with Crippen molar-refractivity contribution in [2.75, 3.05) is 11.1 Å². The number of halogens is 4. The maximum absolute atomic E-state index is 14.3. The molecule has 0 amide bonds. The summed E-state index contributed by atoms with van der Waals surface area (Å²) in [7, 11) is -0.770. The normalized spacial score (nSPS) is 18.4. The molecule has 2 aromatic rings. The van der Waals surface area contributed by atoms with Crippen molar-refractivity contribution in [2.45, 2.75) is 45.1 Å². The van der Waals surface area contributed by atoms with Gasteiger partial charge in [-0.15, -0.1) is 0 Å². The van der Waals surface area contributed by atoms with Gasteiger partial charge in [0.2, 0.25) is 0 Å². The molecule has 4 nitrogen and oxygen atoms in total. The van der Waals surface area contributed by atoms with Crippen molar-refractivity contribution < 1.29 is 26.9 Å². The zero-order valence-corrected chi connectivity index (χ0v) is 15.9. The molecule has 0 unspecified atom stereocenters. The van der Waals surface area contributed by atoms with Crippen LogP contribution in [-0.4, -0.2) is 18.3 Å². The molecule has 0 radical (unpaired) electrons. The number of benzene rings is 2. The fraction of sp³-hybridized carbons (Fsp3) is 0.368. The monoisotopic (exact) mass is 396 g/mol. The van der Waals surface area contributed by atoms with Crippen LogP contribution in [-0.2, 0) is 15.5 Å². The Morgan fingerprint density at radius 1 is 0.929 bits per heavy atom. The maximum atomic E-state index is 14.3. The Labute approximate surface area is 161 Å². The largest absolute Gasteiger partial charge is 0.497 e. The highest BCUT2D eigenvalue weighted by molar-refractivity contribution is 6.64. The number of alkyl halides is 3. The van der Waals surface area contributed by atoms with E-state index in [0.29, 0.717) is 22.9 Å². The third-order valence-electron chi connectivity index (χ3n) is 5.15. The van der Waals surface area contributed by atoms with Gasteiger partial charge in [0.25, 0.3) is 0 Å². The third-order valence-corrected chi connectivity index (χ3v) is 5.15. The first-order chi connectivity index (χ1) is 12.8. The summed E-state index contributed by atoms with van der Waals surface area (Å²) in [5.41, 5.74) is 4.93. The summed E-state index contributed by atoms with van der Waals surface area (Å²) in [5, 5.41) is 2.82. The Balaban J connectivity index is 1.95. The lowest BCUT2D eigenvalue weighted by Crippen LogP contribution is -2.41. The Kier molecular flexibility index (Phi) is 4.88. The quantitative estimate of drug-likeness (QED) is 0.457. The predicted octanol–water partition coefficient (Wildman–Crippen LogP) is 4.47. The van der Waals surface area contributed by atoms with Crippen molar-refractivity contribution in [1.29, 1.82) is 0 Å². The van der Waals surface area contributed by atoms with Gasteiger partial charge in [0, 0.05) is 16.8 Å². The number of rotatable bonds is 3. The maximum Gasteiger partial charge on any atom is 0.497 e. The summed E-state index contributed by atoms with van der Waals surface area (Å²) in [6.45, 7) is 7.56. The van der Waals surface area contributed by atoms with E-state index < -0.39 is 35.9 Å². The van der Waals surface area contributed by atoms with E-state index in [1.54, 1.807) is 18.2 Å². The summed E-state index contributed by atoms with van der Waals surface area (Å²) in [5.74, 6) is -1.02. The van der Waals surface area contributed by atoms with Crippen molar-refractivity contribution in [3.8, 4) is 0 Å². The number of hydrogen-bond acceptors (Lipinski definition) is 4. The van der Waals surface area contributed by atoms with Gasteiger partial charge in [-0.1, -0.05) is 0 Å². The minimum Gasteiger partial charge on any atom is -0.399 e. The molecular weight excluding hydrogens is 375 g/mol. The smallest absolute Gasteiger partial charge is 0.399 e. The lowest BCUT2D eigenvalue weighted by Gasteiger charge is -2.32. The van der Waals surface area contributed by atoms with Crippen LogP contribution in [0.25, 0.3) is 0 Å². The molecule has 0 atom stereocenters. The first-order valence-corrected chi connectivity index (χ1v) is 8.69. The third kappa shape index (κ3) is 3.81. The highest BCUT2D eigenvalue weighted by Crippen LogP contribution is 2.37. The van der Waals surface area contributed by atoms with Crippen molar-refractivity contribution in [3.05, 3.63) is 47.8 Å². The Hall–Kier alpha value is -2.26. The molecule has 1 aliphatic rings. The summed E-state index contributed by atoms with van der Waals surface area (Å²) in [6.07, 6.45) is -4.62. The van der Waals surface area contributed by atoms with E-state index in [0.717, 1.165) is 12.1 Å². The topological polar surface area (TPSA) is 56.5 Å². The first-order valence-electron chi connectivity index (χ1n) is 8.69. The van der Waals surface area contributed by atoms with E-state index in [4.69, 9.17) is 15.0 Å². The van der Waals surface area contributed by atoms with Gasteiger partial charge in [-0.05, 0) is 64.1 Å². The van der Waals surface area contributed by atoms with E-state index in [1.165, 1.54) is 0 Å². The van der Waals surface area contributed by atoms with Crippen LogP contribution in [0.3, 0.4) is 0 Å². The van der Waals surface area contributed by atoms with Crippen LogP contribution in [0.1, 0.15) is 33.3 Å². The first kappa shape index (κ1) is 20.5. The highest BCUT2D eigenvalue weighted by Gasteiger charge is 2.52. The van der Waals surface area contributed by atoms with Gasteiger partial charge in [0.1, 0.15) is 5.82 Å². The second-order valence-corrected chi connectivity index (χ2v) is 7.75. The average Bonchev–Trinajstić information content (AvgIpc) is 2.77. The van der Waals surface area contributed by atoms with Crippen molar-refractivity contribution in [3.63, 3.8) is 0 Å². The number of nitrogens with two attached hydrogens (primary N) is 1. The molecule has 0 aromatic heterocycles. The van der Waals surface area contributed by atoms with Gasteiger partial charge in [0.15, 0.2) is 0 Å². The van der Waals surface area contributed by atoms with Crippen molar-refractivity contribution >= 4 is 29.6 Å². The zero-order chi connectivity index (χ0) is 20.9. The molecule has 1 heterocycles. The predicted molar refractivity (Wildman–Crippen MR) is 101 cm³/mol. The Morgan fingerprint density at radius 2 is 1.50 bits per heavy atom. The molecule has 0 saturated carbocycles. The van der Waals surface area contributed by atoms with Crippen LogP contribution in [0.4, 0.5) is 34.6 Å². The molecule has 150 valence electrons.